The summed E-state index contributed by atoms with van der Waals surface area (Å²) < 4.78 is 23.9. The highest BCUT2D eigenvalue weighted by Gasteiger charge is 2.12. The number of hydrogen-bond donors (Lipinski definition) is 1. The van der Waals surface area contributed by atoms with Crippen LogP contribution in [-0.4, -0.2) is 34.0 Å². The summed E-state index contributed by atoms with van der Waals surface area (Å²) in [6.45, 7) is 0. The molecule has 0 fully saturated rings. The minimum Gasteiger partial charge on any atom is -0.378 e. The van der Waals surface area contributed by atoms with Crippen molar-refractivity contribution in [3.63, 3.8) is 0 Å². The average Bonchev–Trinajstić information content (AvgIpc) is 2.53. The second kappa shape index (κ2) is 7.70. The van der Waals surface area contributed by atoms with Crippen molar-refractivity contribution in [3.8, 4) is 0 Å². The Labute approximate surface area is 144 Å². The highest BCUT2D eigenvalue weighted by Crippen LogP contribution is 2.16. The van der Waals surface area contributed by atoms with Crippen LogP contribution in [0, 0.1) is 0 Å². The van der Waals surface area contributed by atoms with E-state index in [-0.39, 0.29) is 5.75 Å². The van der Waals surface area contributed by atoms with E-state index in [0.29, 0.717) is 10.6 Å². The first-order chi connectivity index (χ1) is 10.9. The van der Waals surface area contributed by atoms with Gasteiger partial charge in [0.1, 0.15) is 0 Å². The molecule has 23 heavy (non-hydrogen) atoms. The molecule has 0 aliphatic rings. The van der Waals surface area contributed by atoms with Crippen LogP contribution in [0.2, 0.25) is 0 Å². The van der Waals surface area contributed by atoms with Gasteiger partial charge in [0, 0.05) is 25.5 Å². The summed E-state index contributed by atoms with van der Waals surface area (Å²) in [5.74, 6) is 0.385. The maximum Gasteiger partial charge on any atom is 0.179 e. The van der Waals surface area contributed by atoms with Crippen molar-refractivity contribution >= 4 is 40.3 Å². The molecule has 2 aromatic rings. The van der Waals surface area contributed by atoms with E-state index in [0.717, 1.165) is 16.8 Å². The molecule has 0 atom stereocenters. The lowest BCUT2D eigenvalue weighted by Gasteiger charge is -2.11. The van der Waals surface area contributed by atoms with Gasteiger partial charge in [-0.15, -0.1) is 0 Å². The van der Waals surface area contributed by atoms with Crippen molar-refractivity contribution in [2.45, 2.75) is 4.90 Å². The fourth-order valence-electron chi connectivity index (χ4n) is 2.10. The number of sulfone groups is 1. The Balaban J connectivity index is 2.11. The second-order valence-corrected chi connectivity index (χ2v) is 7.99. The number of benzene rings is 2. The summed E-state index contributed by atoms with van der Waals surface area (Å²) in [6, 6.07) is 15.2. The summed E-state index contributed by atoms with van der Waals surface area (Å²) in [5.41, 5.74) is 3.22. The molecule has 0 saturated carbocycles. The molecular weight excluding hydrogens is 326 g/mol. The van der Waals surface area contributed by atoms with Crippen LogP contribution in [0.4, 0.5) is 5.69 Å². The molecule has 0 saturated heterocycles. The van der Waals surface area contributed by atoms with Crippen molar-refractivity contribution in [1.29, 1.82) is 0 Å². The lowest BCUT2D eigenvalue weighted by Crippen LogP contribution is -2.07. The molecule has 0 amide bonds. The first kappa shape index (κ1) is 17.6. The van der Waals surface area contributed by atoms with E-state index in [1.165, 1.54) is 0 Å². The van der Waals surface area contributed by atoms with E-state index < -0.39 is 9.84 Å². The van der Waals surface area contributed by atoms with Crippen LogP contribution in [0.25, 0.3) is 12.2 Å². The lowest BCUT2D eigenvalue weighted by atomic mass is 10.1. The molecule has 0 bridgehead atoms. The third-order valence-electron chi connectivity index (χ3n) is 3.48. The molecule has 0 heterocycles. The van der Waals surface area contributed by atoms with Gasteiger partial charge in [-0.3, -0.25) is 0 Å². The molecule has 3 nitrogen and oxygen atoms in total. The highest BCUT2D eigenvalue weighted by atomic mass is 32.2. The summed E-state index contributed by atoms with van der Waals surface area (Å²) >= 11 is 3.98. The van der Waals surface area contributed by atoms with Gasteiger partial charge in [0.25, 0.3) is 0 Å². The summed E-state index contributed by atoms with van der Waals surface area (Å²) in [4.78, 5) is 2.40. The van der Waals surface area contributed by atoms with Gasteiger partial charge in [-0.1, -0.05) is 36.4 Å². The number of rotatable bonds is 6. The van der Waals surface area contributed by atoms with Gasteiger partial charge < -0.3 is 4.90 Å². The predicted octanol–water partition coefficient (Wildman–Crippen LogP) is 3.63. The van der Waals surface area contributed by atoms with E-state index in [1.807, 2.05) is 38.4 Å². The SMILES string of the molecule is CN(C)c1ccc(/C=C/c2ccc(S(=O)(=O)CCS)cc2)cc1. The maximum absolute atomic E-state index is 11.9. The predicted molar refractivity (Wildman–Crippen MR) is 102 cm³/mol. The molecule has 0 aliphatic heterocycles. The van der Waals surface area contributed by atoms with E-state index in [2.05, 4.69) is 41.8 Å². The van der Waals surface area contributed by atoms with Gasteiger partial charge in [-0.25, -0.2) is 8.42 Å². The van der Waals surface area contributed by atoms with Crippen LogP contribution in [0.15, 0.2) is 53.4 Å². The Morgan fingerprint density at radius 1 is 0.913 bits per heavy atom. The van der Waals surface area contributed by atoms with Gasteiger partial charge in [-0.05, 0) is 35.4 Å². The Morgan fingerprint density at radius 2 is 1.39 bits per heavy atom. The first-order valence-corrected chi connectivity index (χ1v) is 9.60. The topological polar surface area (TPSA) is 37.4 Å². The second-order valence-electron chi connectivity index (χ2n) is 5.43. The zero-order chi connectivity index (χ0) is 16.9. The van der Waals surface area contributed by atoms with Gasteiger partial charge in [0.05, 0.1) is 10.6 Å². The zero-order valence-corrected chi connectivity index (χ0v) is 15.0. The largest absolute Gasteiger partial charge is 0.378 e. The van der Waals surface area contributed by atoms with Crippen molar-refractivity contribution in [2.24, 2.45) is 0 Å². The number of hydrogen-bond acceptors (Lipinski definition) is 4. The third kappa shape index (κ3) is 4.88. The Morgan fingerprint density at radius 3 is 1.83 bits per heavy atom. The van der Waals surface area contributed by atoms with Crippen molar-refractivity contribution in [1.82, 2.24) is 0 Å². The van der Waals surface area contributed by atoms with Crippen LogP contribution in [0.3, 0.4) is 0 Å². The molecule has 0 unspecified atom stereocenters. The van der Waals surface area contributed by atoms with Crippen LogP contribution in [0.5, 0.6) is 0 Å². The van der Waals surface area contributed by atoms with Crippen LogP contribution in [-0.2, 0) is 9.84 Å². The highest BCUT2D eigenvalue weighted by molar-refractivity contribution is 7.92. The van der Waals surface area contributed by atoms with E-state index in [1.54, 1.807) is 12.1 Å². The lowest BCUT2D eigenvalue weighted by molar-refractivity contribution is 0.597. The molecule has 122 valence electrons. The van der Waals surface area contributed by atoms with Gasteiger partial charge in [0.2, 0.25) is 0 Å². The maximum atomic E-state index is 11.9. The van der Waals surface area contributed by atoms with Gasteiger partial charge in [0.15, 0.2) is 9.84 Å². The smallest absolute Gasteiger partial charge is 0.179 e. The van der Waals surface area contributed by atoms with Crippen molar-refractivity contribution in [2.75, 3.05) is 30.5 Å². The van der Waals surface area contributed by atoms with Crippen LogP contribution >= 0.6 is 12.6 Å². The van der Waals surface area contributed by atoms with Gasteiger partial charge in [-0.2, -0.15) is 12.6 Å². The fourth-order valence-corrected chi connectivity index (χ4v) is 3.85. The van der Waals surface area contributed by atoms with E-state index in [9.17, 15) is 8.42 Å². The molecule has 0 aromatic heterocycles. The zero-order valence-electron chi connectivity index (χ0n) is 13.3. The molecule has 2 aromatic carbocycles. The van der Waals surface area contributed by atoms with E-state index >= 15 is 0 Å². The minimum absolute atomic E-state index is 0.0590. The van der Waals surface area contributed by atoms with Crippen LogP contribution < -0.4 is 4.90 Å². The Bertz CT molecular complexity index is 762. The average molecular weight is 348 g/mol. The summed E-state index contributed by atoms with van der Waals surface area (Å²) in [5, 5.41) is 0. The first-order valence-electron chi connectivity index (χ1n) is 7.31. The van der Waals surface area contributed by atoms with Gasteiger partial charge >= 0.3 is 0 Å². The summed E-state index contributed by atoms with van der Waals surface area (Å²) in [7, 11) is 0.804. The van der Waals surface area contributed by atoms with E-state index in [4.69, 9.17) is 0 Å². The molecule has 5 heteroatoms. The minimum atomic E-state index is -3.21. The molecule has 0 aliphatic carbocycles. The summed E-state index contributed by atoms with van der Waals surface area (Å²) in [6.07, 6.45) is 3.98. The standard InChI is InChI=1S/C18H21NO2S2/c1-19(2)17-9-5-15(6-10-17)3-4-16-7-11-18(12-8-16)23(20,21)14-13-22/h3-12,22H,13-14H2,1-2H3/b4-3+. The molecule has 0 spiro atoms. The van der Waals surface area contributed by atoms with Crippen molar-refractivity contribution in [3.05, 3.63) is 59.7 Å². The number of nitrogens with zero attached hydrogens (tertiary/aromatic N) is 1. The Hall–Kier alpha value is -1.72. The monoisotopic (exact) mass is 347 g/mol. The molecule has 2 rings (SSSR count). The molecule has 0 radical (unpaired) electrons. The third-order valence-corrected chi connectivity index (χ3v) is 5.74. The molecular formula is C18H21NO2S2. The van der Waals surface area contributed by atoms with Crippen molar-refractivity contribution < 1.29 is 8.42 Å². The normalized spacial score (nSPS) is 11.8. The quantitative estimate of drug-likeness (QED) is 0.640. The number of thiol groups is 1. The fraction of sp³-hybridized carbons (Fsp3) is 0.222. The Kier molecular flexibility index (Phi) is 5.91. The van der Waals surface area contributed by atoms with Crippen LogP contribution in [0.1, 0.15) is 11.1 Å². The molecule has 0 N–H and O–H groups in total. The number of anilines is 1.